The van der Waals surface area contributed by atoms with Crippen LogP contribution < -0.4 is 22.3 Å². The molecule has 20 heavy (non-hydrogen) atoms. The maximum atomic E-state index is 6.06. The van der Waals surface area contributed by atoms with Gasteiger partial charge in [0.1, 0.15) is 0 Å². The van der Waals surface area contributed by atoms with Gasteiger partial charge in [-0.3, -0.25) is 9.99 Å². The van der Waals surface area contributed by atoms with Crippen LogP contribution in [0.4, 0.5) is 23.1 Å². The zero-order valence-electron chi connectivity index (χ0n) is 10.6. The summed E-state index contributed by atoms with van der Waals surface area (Å²) in [4.78, 5) is 12.1. The zero-order valence-corrected chi connectivity index (χ0v) is 10.6. The minimum Gasteiger partial charge on any atom is -0.394 e. The summed E-state index contributed by atoms with van der Waals surface area (Å²) in [6.07, 6.45) is 3.17. The fourth-order valence-corrected chi connectivity index (χ4v) is 1.92. The third-order valence-corrected chi connectivity index (χ3v) is 2.91. The summed E-state index contributed by atoms with van der Waals surface area (Å²) in [5.41, 5.74) is 13.4. The highest BCUT2D eigenvalue weighted by Crippen LogP contribution is 2.27. The number of anilines is 4. The van der Waals surface area contributed by atoms with Gasteiger partial charge in [-0.05, 0) is 24.3 Å². The first-order chi connectivity index (χ1) is 9.65. The van der Waals surface area contributed by atoms with E-state index in [4.69, 9.17) is 17.3 Å². The molecule has 7 heteroatoms. The molecule has 0 bridgehead atoms. The number of hydrogen-bond acceptors (Lipinski definition) is 7. The van der Waals surface area contributed by atoms with Crippen LogP contribution in [0.3, 0.4) is 0 Å². The highest BCUT2D eigenvalue weighted by Gasteiger charge is 2.12. The second-order valence-corrected chi connectivity index (χ2v) is 4.26. The fourth-order valence-electron chi connectivity index (χ4n) is 1.92. The Morgan fingerprint density at radius 1 is 1.05 bits per heavy atom. The van der Waals surface area contributed by atoms with Gasteiger partial charge < -0.3 is 11.5 Å². The third-order valence-electron chi connectivity index (χ3n) is 2.91. The molecule has 2 heterocycles. The predicted molar refractivity (Wildman–Crippen MR) is 78.9 cm³/mol. The van der Waals surface area contributed by atoms with Crippen molar-refractivity contribution in [3.63, 3.8) is 0 Å². The Morgan fingerprint density at radius 3 is 2.75 bits per heavy atom. The van der Waals surface area contributed by atoms with Gasteiger partial charge in [-0.25, -0.2) is 10.8 Å². The van der Waals surface area contributed by atoms with Crippen LogP contribution in [0.15, 0.2) is 42.7 Å². The molecule has 0 aliphatic rings. The highest BCUT2D eigenvalue weighted by molar-refractivity contribution is 5.84. The predicted octanol–water partition coefficient (Wildman–Crippen LogP) is 1.20. The van der Waals surface area contributed by atoms with Crippen molar-refractivity contribution in [3.8, 4) is 0 Å². The van der Waals surface area contributed by atoms with Gasteiger partial charge in [-0.2, -0.15) is 4.98 Å². The molecule has 2 aromatic heterocycles. The second kappa shape index (κ2) is 4.63. The van der Waals surface area contributed by atoms with Crippen LogP contribution in [0.1, 0.15) is 0 Å². The van der Waals surface area contributed by atoms with Crippen LogP contribution in [0.25, 0.3) is 10.9 Å². The largest absolute Gasteiger partial charge is 0.394 e. The quantitative estimate of drug-likeness (QED) is 0.471. The SMILES string of the molecule is Nc1ncc(N)c(N(N)c2ccc3ncccc3c2)n1. The second-order valence-electron chi connectivity index (χ2n) is 4.26. The number of nitrogens with zero attached hydrogens (tertiary/aromatic N) is 4. The molecule has 0 aliphatic carbocycles. The van der Waals surface area contributed by atoms with E-state index in [0.29, 0.717) is 11.5 Å². The van der Waals surface area contributed by atoms with Gasteiger partial charge in [0.2, 0.25) is 5.95 Å². The van der Waals surface area contributed by atoms with Crippen molar-refractivity contribution < 1.29 is 0 Å². The van der Waals surface area contributed by atoms with Gasteiger partial charge in [0.15, 0.2) is 5.82 Å². The lowest BCUT2D eigenvalue weighted by Crippen LogP contribution is -2.27. The molecular formula is C13H13N7. The molecule has 1 aromatic carbocycles. The molecule has 0 radical (unpaired) electrons. The van der Waals surface area contributed by atoms with Crippen molar-refractivity contribution >= 4 is 34.0 Å². The summed E-state index contributed by atoms with van der Waals surface area (Å²) in [6.45, 7) is 0. The summed E-state index contributed by atoms with van der Waals surface area (Å²) in [7, 11) is 0. The normalized spacial score (nSPS) is 10.7. The molecule has 3 rings (SSSR count). The molecule has 0 unspecified atom stereocenters. The van der Waals surface area contributed by atoms with Gasteiger partial charge in [0, 0.05) is 11.6 Å². The molecule has 0 saturated heterocycles. The van der Waals surface area contributed by atoms with Crippen LogP contribution in [0.5, 0.6) is 0 Å². The van der Waals surface area contributed by atoms with E-state index in [2.05, 4.69) is 15.0 Å². The average molecular weight is 267 g/mol. The summed E-state index contributed by atoms with van der Waals surface area (Å²) in [6, 6.07) is 9.44. The summed E-state index contributed by atoms with van der Waals surface area (Å²) in [5.74, 6) is 6.54. The van der Waals surface area contributed by atoms with Crippen molar-refractivity contribution in [2.24, 2.45) is 5.84 Å². The Labute approximate surface area is 115 Å². The number of hydrazine groups is 1. The Balaban J connectivity index is 2.07. The smallest absolute Gasteiger partial charge is 0.222 e. The van der Waals surface area contributed by atoms with Crippen LogP contribution in [0, 0.1) is 0 Å². The monoisotopic (exact) mass is 267 g/mol. The standard InChI is InChI=1S/C13H13N7/c14-10-7-18-13(15)19-12(10)20(16)9-3-4-11-8(6-9)2-1-5-17-11/h1-7H,14,16H2,(H2,15,18,19). The number of fused-ring (bicyclic) bond motifs is 1. The van der Waals surface area contributed by atoms with Gasteiger partial charge in [0.25, 0.3) is 0 Å². The lowest BCUT2D eigenvalue weighted by atomic mass is 10.2. The average Bonchev–Trinajstić information content (AvgIpc) is 2.48. The molecular weight excluding hydrogens is 254 g/mol. The third kappa shape index (κ3) is 2.06. The highest BCUT2D eigenvalue weighted by atomic mass is 15.4. The summed E-state index contributed by atoms with van der Waals surface area (Å²) in [5, 5.41) is 2.35. The van der Waals surface area contributed by atoms with Crippen molar-refractivity contribution in [1.82, 2.24) is 15.0 Å². The number of aromatic nitrogens is 3. The molecule has 0 aliphatic heterocycles. The Bertz CT molecular complexity index is 772. The van der Waals surface area contributed by atoms with E-state index in [1.165, 1.54) is 11.2 Å². The van der Waals surface area contributed by atoms with Gasteiger partial charge in [-0.15, -0.1) is 0 Å². The molecule has 0 spiro atoms. The van der Waals surface area contributed by atoms with Gasteiger partial charge in [0.05, 0.1) is 23.1 Å². The molecule has 0 atom stereocenters. The lowest BCUT2D eigenvalue weighted by molar-refractivity contribution is 1.03. The zero-order chi connectivity index (χ0) is 14.1. The first kappa shape index (κ1) is 12.1. The Morgan fingerprint density at radius 2 is 1.90 bits per heavy atom. The number of hydrogen-bond donors (Lipinski definition) is 3. The molecule has 0 saturated carbocycles. The molecule has 6 N–H and O–H groups in total. The van der Waals surface area contributed by atoms with E-state index < -0.39 is 0 Å². The van der Waals surface area contributed by atoms with Crippen molar-refractivity contribution in [2.45, 2.75) is 0 Å². The minimum atomic E-state index is 0.118. The van der Waals surface area contributed by atoms with Crippen LogP contribution >= 0.6 is 0 Å². The maximum Gasteiger partial charge on any atom is 0.222 e. The summed E-state index contributed by atoms with van der Waals surface area (Å²) < 4.78 is 0. The summed E-state index contributed by atoms with van der Waals surface area (Å²) >= 11 is 0. The molecule has 7 nitrogen and oxygen atoms in total. The van der Waals surface area contributed by atoms with Crippen LogP contribution in [-0.4, -0.2) is 15.0 Å². The van der Waals surface area contributed by atoms with E-state index in [0.717, 1.165) is 16.6 Å². The number of nitrogens with two attached hydrogens (primary N) is 3. The van der Waals surface area contributed by atoms with Gasteiger partial charge in [-0.1, -0.05) is 6.07 Å². The first-order valence-electron chi connectivity index (χ1n) is 5.93. The molecule has 0 fully saturated rings. The Kier molecular flexibility index (Phi) is 2.81. The van der Waals surface area contributed by atoms with Gasteiger partial charge >= 0.3 is 0 Å². The molecule has 0 amide bonds. The van der Waals surface area contributed by atoms with Crippen molar-refractivity contribution in [3.05, 3.63) is 42.7 Å². The Hall–Kier alpha value is -2.93. The van der Waals surface area contributed by atoms with E-state index in [9.17, 15) is 0 Å². The van der Waals surface area contributed by atoms with E-state index >= 15 is 0 Å². The number of pyridine rings is 1. The molecule has 3 aromatic rings. The lowest BCUT2D eigenvalue weighted by Gasteiger charge is -2.19. The fraction of sp³-hybridized carbons (Fsp3) is 0. The van der Waals surface area contributed by atoms with E-state index in [1.807, 2.05) is 30.3 Å². The van der Waals surface area contributed by atoms with E-state index in [-0.39, 0.29) is 5.95 Å². The number of rotatable bonds is 2. The number of nitrogen functional groups attached to an aromatic ring is 2. The minimum absolute atomic E-state index is 0.118. The van der Waals surface area contributed by atoms with Crippen molar-refractivity contribution in [1.29, 1.82) is 0 Å². The molecule has 100 valence electrons. The maximum absolute atomic E-state index is 6.06. The van der Waals surface area contributed by atoms with Crippen LogP contribution in [0.2, 0.25) is 0 Å². The van der Waals surface area contributed by atoms with E-state index in [1.54, 1.807) is 6.20 Å². The topological polar surface area (TPSA) is 120 Å². The first-order valence-corrected chi connectivity index (χ1v) is 5.93. The number of benzene rings is 1. The van der Waals surface area contributed by atoms with Crippen LogP contribution in [-0.2, 0) is 0 Å². The van der Waals surface area contributed by atoms with Crippen molar-refractivity contribution in [2.75, 3.05) is 16.5 Å².